The summed E-state index contributed by atoms with van der Waals surface area (Å²) in [5.41, 5.74) is -1.35. The molecule has 0 radical (unpaired) electrons. The van der Waals surface area contributed by atoms with Crippen LogP contribution >= 0.6 is 0 Å². The summed E-state index contributed by atoms with van der Waals surface area (Å²) in [4.78, 5) is 9.54. The highest BCUT2D eigenvalue weighted by Gasteiger charge is 2.37. The van der Waals surface area contributed by atoms with Gasteiger partial charge in [-0.25, -0.2) is 8.42 Å². The first-order valence-electron chi connectivity index (χ1n) is 4.97. The topological polar surface area (TPSA) is 83.5 Å². The Morgan fingerprint density at radius 3 is 2.32 bits per heavy atom. The normalized spacial score (nSPS) is 14.1. The van der Waals surface area contributed by atoms with E-state index >= 15 is 0 Å². The van der Waals surface area contributed by atoms with Crippen molar-refractivity contribution in [2.24, 2.45) is 0 Å². The van der Waals surface area contributed by atoms with Crippen LogP contribution in [-0.2, 0) is 21.0 Å². The highest BCUT2D eigenvalue weighted by Crippen LogP contribution is 2.33. The summed E-state index contributed by atoms with van der Waals surface area (Å²) in [7, 11) is -4.57. The van der Waals surface area contributed by atoms with Crippen LogP contribution in [0.2, 0.25) is 0 Å². The molecule has 0 aromatic heterocycles. The number of carboxylic acids is 1. The van der Waals surface area contributed by atoms with Crippen LogP contribution in [0.1, 0.15) is 12.5 Å². The van der Waals surface area contributed by atoms with Gasteiger partial charge < -0.3 is 5.11 Å². The van der Waals surface area contributed by atoms with E-state index in [1.54, 1.807) is 4.72 Å². The van der Waals surface area contributed by atoms with Crippen LogP contribution < -0.4 is 4.72 Å². The first kappa shape index (κ1) is 15.4. The zero-order chi connectivity index (χ0) is 14.8. The summed E-state index contributed by atoms with van der Waals surface area (Å²) < 4.78 is 63.1. The molecule has 1 aromatic rings. The molecule has 106 valence electrons. The van der Waals surface area contributed by atoms with Gasteiger partial charge in [-0.3, -0.25) is 4.79 Å². The van der Waals surface area contributed by atoms with Crippen LogP contribution in [0, 0.1) is 0 Å². The number of aliphatic carboxylic acids is 1. The number of carbonyl (C=O) groups is 1. The summed E-state index contributed by atoms with van der Waals surface area (Å²) in [6.07, 6.45) is -4.85. The molecule has 5 nitrogen and oxygen atoms in total. The number of halogens is 3. The molecule has 0 aliphatic carbocycles. The summed E-state index contributed by atoms with van der Waals surface area (Å²) in [6.45, 7) is 1.01. The lowest BCUT2D eigenvalue weighted by Gasteiger charge is -2.15. The van der Waals surface area contributed by atoms with E-state index in [1.165, 1.54) is 0 Å². The number of sulfonamides is 1. The molecule has 1 rings (SSSR count). The van der Waals surface area contributed by atoms with Crippen molar-refractivity contribution in [3.05, 3.63) is 29.8 Å². The van der Waals surface area contributed by atoms with E-state index < -0.39 is 38.7 Å². The molecule has 0 saturated carbocycles. The van der Waals surface area contributed by atoms with Crippen molar-refractivity contribution in [2.45, 2.75) is 24.0 Å². The molecular formula is C10H10F3NO4S. The van der Waals surface area contributed by atoms with E-state index in [1.807, 2.05) is 0 Å². The van der Waals surface area contributed by atoms with Crippen molar-refractivity contribution in [1.82, 2.24) is 4.72 Å². The Balaban J connectivity index is 3.27. The molecule has 1 atom stereocenters. The van der Waals surface area contributed by atoms with Gasteiger partial charge in [0.1, 0.15) is 6.04 Å². The van der Waals surface area contributed by atoms with E-state index in [4.69, 9.17) is 5.11 Å². The van der Waals surface area contributed by atoms with Gasteiger partial charge in [-0.05, 0) is 19.1 Å². The second kappa shape index (κ2) is 5.17. The first-order valence-corrected chi connectivity index (χ1v) is 6.45. The van der Waals surface area contributed by atoms with Crippen molar-refractivity contribution < 1.29 is 31.5 Å². The molecule has 0 unspecified atom stereocenters. The molecule has 0 heterocycles. The minimum absolute atomic E-state index is 0.611. The number of carboxylic acid groups (broad SMARTS) is 1. The summed E-state index contributed by atoms with van der Waals surface area (Å²) >= 11 is 0. The number of nitrogens with one attached hydrogen (secondary N) is 1. The SMILES string of the molecule is C[C@H](NS(=O)(=O)c1ccccc1C(F)(F)F)C(=O)O. The molecule has 0 spiro atoms. The van der Waals surface area contributed by atoms with Crippen molar-refractivity contribution >= 4 is 16.0 Å². The van der Waals surface area contributed by atoms with Crippen LogP contribution in [0.4, 0.5) is 13.2 Å². The second-order valence-electron chi connectivity index (χ2n) is 3.68. The van der Waals surface area contributed by atoms with Gasteiger partial charge in [0.05, 0.1) is 10.5 Å². The van der Waals surface area contributed by atoms with Crippen molar-refractivity contribution in [2.75, 3.05) is 0 Å². The van der Waals surface area contributed by atoms with Gasteiger partial charge >= 0.3 is 12.1 Å². The van der Waals surface area contributed by atoms with Crippen LogP contribution in [0.15, 0.2) is 29.2 Å². The fraction of sp³-hybridized carbons (Fsp3) is 0.300. The monoisotopic (exact) mass is 297 g/mol. The fourth-order valence-corrected chi connectivity index (χ4v) is 2.71. The number of hydrogen-bond acceptors (Lipinski definition) is 3. The predicted octanol–water partition coefficient (Wildman–Crippen LogP) is 1.46. The van der Waals surface area contributed by atoms with Gasteiger partial charge in [-0.15, -0.1) is 0 Å². The maximum atomic E-state index is 12.7. The Morgan fingerprint density at radius 2 is 1.84 bits per heavy atom. The number of rotatable bonds is 4. The molecule has 0 aliphatic rings. The zero-order valence-electron chi connectivity index (χ0n) is 9.60. The van der Waals surface area contributed by atoms with Crippen molar-refractivity contribution in [1.29, 1.82) is 0 Å². The molecule has 0 fully saturated rings. The number of hydrogen-bond donors (Lipinski definition) is 2. The highest BCUT2D eigenvalue weighted by molar-refractivity contribution is 7.89. The van der Waals surface area contributed by atoms with Gasteiger partial charge in [0.2, 0.25) is 10.0 Å². The van der Waals surface area contributed by atoms with Gasteiger partial charge in [-0.2, -0.15) is 17.9 Å². The Hall–Kier alpha value is -1.61. The summed E-state index contributed by atoms with van der Waals surface area (Å²) in [5, 5.41) is 8.57. The number of alkyl halides is 3. The second-order valence-corrected chi connectivity index (χ2v) is 5.36. The molecule has 0 saturated heterocycles. The Morgan fingerprint density at radius 1 is 1.32 bits per heavy atom. The van der Waals surface area contributed by atoms with Crippen molar-refractivity contribution in [3.63, 3.8) is 0 Å². The largest absolute Gasteiger partial charge is 0.480 e. The van der Waals surface area contributed by atoms with E-state index in [0.717, 1.165) is 25.1 Å². The Bertz CT molecular complexity index is 583. The van der Waals surface area contributed by atoms with Gasteiger partial charge in [0.25, 0.3) is 0 Å². The molecule has 1 aromatic carbocycles. The quantitative estimate of drug-likeness (QED) is 0.881. The minimum atomic E-state index is -4.85. The van der Waals surface area contributed by atoms with E-state index in [-0.39, 0.29) is 0 Å². The van der Waals surface area contributed by atoms with Gasteiger partial charge in [0.15, 0.2) is 0 Å². The maximum absolute atomic E-state index is 12.7. The predicted molar refractivity (Wildman–Crippen MR) is 58.9 cm³/mol. The zero-order valence-corrected chi connectivity index (χ0v) is 10.4. The lowest BCUT2D eigenvalue weighted by Crippen LogP contribution is -2.39. The average molecular weight is 297 g/mol. The maximum Gasteiger partial charge on any atom is 0.417 e. The lowest BCUT2D eigenvalue weighted by molar-refractivity contribution is -0.140. The molecule has 19 heavy (non-hydrogen) atoms. The van der Waals surface area contributed by atoms with E-state index in [2.05, 4.69) is 0 Å². The average Bonchev–Trinajstić information content (AvgIpc) is 2.27. The summed E-state index contributed by atoms with van der Waals surface area (Å²) in [5.74, 6) is -1.49. The first-order chi connectivity index (χ1) is 8.55. The van der Waals surface area contributed by atoms with Crippen LogP contribution in [0.5, 0.6) is 0 Å². The summed E-state index contributed by atoms with van der Waals surface area (Å²) in [6, 6.07) is 2.00. The Kier molecular flexibility index (Phi) is 4.21. The van der Waals surface area contributed by atoms with Gasteiger partial charge in [0, 0.05) is 0 Å². The van der Waals surface area contributed by atoms with Crippen LogP contribution in [0.25, 0.3) is 0 Å². The van der Waals surface area contributed by atoms with E-state index in [9.17, 15) is 26.4 Å². The minimum Gasteiger partial charge on any atom is -0.480 e. The molecular weight excluding hydrogens is 287 g/mol. The highest BCUT2D eigenvalue weighted by atomic mass is 32.2. The molecule has 9 heteroatoms. The van der Waals surface area contributed by atoms with Crippen LogP contribution in [0.3, 0.4) is 0 Å². The van der Waals surface area contributed by atoms with Crippen LogP contribution in [-0.4, -0.2) is 25.5 Å². The fourth-order valence-electron chi connectivity index (χ4n) is 1.28. The third kappa shape index (κ3) is 3.67. The van der Waals surface area contributed by atoms with Crippen molar-refractivity contribution in [3.8, 4) is 0 Å². The third-order valence-electron chi connectivity index (χ3n) is 2.18. The molecule has 0 bridgehead atoms. The van der Waals surface area contributed by atoms with E-state index in [0.29, 0.717) is 6.07 Å². The standard InChI is InChI=1S/C10H10F3NO4S/c1-6(9(15)16)14-19(17,18)8-5-3-2-4-7(8)10(11,12)13/h2-6,14H,1H3,(H,15,16)/t6-/m0/s1. The Labute approximate surface area is 107 Å². The molecule has 2 N–H and O–H groups in total. The molecule has 0 aliphatic heterocycles. The van der Waals surface area contributed by atoms with Gasteiger partial charge in [-0.1, -0.05) is 12.1 Å². The third-order valence-corrected chi connectivity index (χ3v) is 3.78. The lowest BCUT2D eigenvalue weighted by atomic mass is 10.2. The molecule has 0 amide bonds. The number of benzene rings is 1. The smallest absolute Gasteiger partial charge is 0.417 e.